The molecule has 0 saturated heterocycles. The number of aromatic nitrogens is 1. The van der Waals surface area contributed by atoms with Crippen LogP contribution >= 0.6 is 7.82 Å². The van der Waals surface area contributed by atoms with Gasteiger partial charge in [0, 0.05) is 12.1 Å². The number of phosphoric ester groups is 1. The first-order chi connectivity index (χ1) is 18.9. The summed E-state index contributed by atoms with van der Waals surface area (Å²) in [6, 6.07) is 14.1. The molecule has 1 atom stereocenters. The molecule has 1 aromatic heterocycles. The smallest absolute Gasteiger partial charge is 0.746 e. The van der Waals surface area contributed by atoms with E-state index in [1.165, 1.54) is 24.3 Å². The van der Waals surface area contributed by atoms with Crippen LogP contribution in [0.25, 0.3) is 21.8 Å². The Kier molecular flexibility index (Phi) is 13.4. The summed E-state index contributed by atoms with van der Waals surface area (Å²) in [4.78, 5) is 53.9. The van der Waals surface area contributed by atoms with Gasteiger partial charge in [0.15, 0.2) is 0 Å². The van der Waals surface area contributed by atoms with E-state index in [0.717, 1.165) is 0 Å². The minimum atomic E-state index is -5.19. The van der Waals surface area contributed by atoms with Crippen molar-refractivity contribution in [3.63, 3.8) is 0 Å². The van der Waals surface area contributed by atoms with E-state index < -0.39 is 31.9 Å². The Morgan fingerprint density at radius 1 is 0.907 bits per heavy atom. The molecule has 0 aliphatic carbocycles. The van der Waals surface area contributed by atoms with Gasteiger partial charge in [-0.3, -0.25) is 4.57 Å². The van der Waals surface area contributed by atoms with Gasteiger partial charge in [0.25, 0.3) is 0 Å². The number of fused-ring (bicyclic) bond motifs is 2. The maximum Gasteiger partial charge on any atom is 1.00 e. The quantitative estimate of drug-likeness (QED) is 0.0556. The van der Waals surface area contributed by atoms with Crippen LogP contribution in [0.5, 0.6) is 11.5 Å². The average Bonchev–Trinajstić information content (AvgIpc) is 2.85. The Morgan fingerprint density at radius 3 is 1.91 bits per heavy atom. The predicted molar refractivity (Wildman–Crippen MR) is 129 cm³/mol. The molecule has 0 amide bonds. The number of alkyl halides is 3. The second kappa shape index (κ2) is 15.0. The number of halogens is 3. The summed E-state index contributed by atoms with van der Waals surface area (Å²) >= 11 is 0. The van der Waals surface area contributed by atoms with Crippen molar-refractivity contribution in [1.82, 2.24) is 0 Å². The SMILES string of the molecule is Cc1cc(C(=O)[O-])cc(C)c1OC(=O)c1c2ccccc2[n+](C)c2ccc(OP(=O)([O-])O)cc12.O=C([O-])C(F)(F)F.[Na+].[Na+]. The Labute approximate surface area is 286 Å². The van der Waals surface area contributed by atoms with E-state index in [0.29, 0.717) is 32.9 Å². The molecule has 0 fully saturated rings. The predicted octanol–water partition coefficient (Wildman–Crippen LogP) is -4.84. The summed E-state index contributed by atoms with van der Waals surface area (Å²) in [6.07, 6.45) is -5.19. The van der Waals surface area contributed by atoms with Crippen LogP contribution in [0.15, 0.2) is 54.6 Å². The van der Waals surface area contributed by atoms with E-state index in [1.807, 2.05) is 16.7 Å². The number of aliphatic carboxylic acids is 1. The average molecular weight is 639 g/mol. The first-order valence-corrected chi connectivity index (χ1v) is 12.8. The summed E-state index contributed by atoms with van der Waals surface area (Å²) in [5.74, 6) is -5.06. The van der Waals surface area contributed by atoms with E-state index >= 15 is 0 Å². The Bertz CT molecular complexity index is 1740. The fourth-order valence-electron chi connectivity index (χ4n) is 4.04. The molecule has 0 radical (unpaired) electrons. The van der Waals surface area contributed by atoms with Crippen molar-refractivity contribution in [2.75, 3.05) is 0 Å². The van der Waals surface area contributed by atoms with Crippen LogP contribution in [0.2, 0.25) is 0 Å². The number of rotatable bonds is 5. The maximum absolute atomic E-state index is 13.5. The van der Waals surface area contributed by atoms with Gasteiger partial charge in [0.05, 0.1) is 22.3 Å². The van der Waals surface area contributed by atoms with Gasteiger partial charge in [-0.1, -0.05) is 12.1 Å². The van der Waals surface area contributed by atoms with Crippen molar-refractivity contribution in [2.24, 2.45) is 7.05 Å². The molecule has 0 aliphatic rings. The molecule has 1 heterocycles. The van der Waals surface area contributed by atoms with E-state index in [4.69, 9.17) is 19.5 Å². The van der Waals surface area contributed by atoms with Crippen LogP contribution < -0.4 is 88.0 Å². The molecule has 0 aliphatic heterocycles. The van der Waals surface area contributed by atoms with Crippen molar-refractivity contribution in [3.8, 4) is 11.5 Å². The number of hydrogen-bond donors (Lipinski definition) is 1. The van der Waals surface area contributed by atoms with Gasteiger partial charge in [0.1, 0.15) is 24.5 Å². The fraction of sp³-hybridized carbons (Fsp3) is 0.154. The maximum atomic E-state index is 13.5. The van der Waals surface area contributed by atoms with Crippen molar-refractivity contribution in [2.45, 2.75) is 20.0 Å². The Hall–Kier alpha value is -2.52. The number of esters is 1. The van der Waals surface area contributed by atoms with Crippen LogP contribution in [-0.2, 0) is 16.4 Å². The van der Waals surface area contributed by atoms with E-state index in [9.17, 15) is 37.3 Å². The number of para-hydroxylation sites is 1. The molecule has 1 unspecified atom stereocenters. The first kappa shape index (κ1) is 38.5. The number of ether oxygens (including phenoxy) is 1. The standard InChI is InChI=1S/C24H20NO8P.C2HF3O2.2Na/c1-13-10-15(23(26)27)11-14(2)22(13)32-24(28)21-17-6-4-5-7-19(17)25(3)20-9-8-16(12-18(20)21)33-34(29,30)31;3-2(4,5)1(6)7;;/h4-12H,1-3H3,(H2-,26,27,29,30,31);(H,6,7);;/q;;2*+1/p-2. The van der Waals surface area contributed by atoms with Crippen molar-refractivity contribution in [3.05, 3.63) is 76.9 Å². The van der Waals surface area contributed by atoms with Crippen LogP contribution in [0.4, 0.5) is 13.2 Å². The third-order valence-corrected chi connectivity index (χ3v) is 6.12. The van der Waals surface area contributed by atoms with Crippen molar-refractivity contribution < 1.29 is 125 Å². The van der Waals surface area contributed by atoms with Crippen LogP contribution in [-0.4, -0.2) is 29.0 Å². The fourth-order valence-corrected chi connectivity index (χ4v) is 4.42. The first-order valence-electron chi connectivity index (χ1n) is 11.3. The molecule has 0 saturated carbocycles. The van der Waals surface area contributed by atoms with Gasteiger partial charge in [0.2, 0.25) is 11.0 Å². The molecular weight excluding hydrogens is 620 g/mol. The molecule has 43 heavy (non-hydrogen) atoms. The van der Waals surface area contributed by atoms with Crippen LogP contribution in [0.1, 0.15) is 31.8 Å². The topological polar surface area (TPSA) is 180 Å². The summed E-state index contributed by atoms with van der Waals surface area (Å²) in [5, 5.41) is 20.9. The van der Waals surface area contributed by atoms with E-state index in [2.05, 4.69) is 4.52 Å². The molecule has 216 valence electrons. The van der Waals surface area contributed by atoms with Gasteiger partial charge in [-0.15, -0.1) is 0 Å². The van der Waals surface area contributed by atoms with Gasteiger partial charge >= 0.3 is 79.1 Å². The molecule has 0 spiro atoms. The third kappa shape index (κ3) is 9.48. The monoisotopic (exact) mass is 639 g/mol. The normalized spacial score (nSPS) is 12.1. The molecule has 3 aromatic carbocycles. The molecule has 0 bridgehead atoms. The van der Waals surface area contributed by atoms with Gasteiger partial charge in [-0.05, 0) is 60.9 Å². The van der Waals surface area contributed by atoms with Gasteiger partial charge in [-0.2, -0.15) is 17.7 Å². The number of benzene rings is 3. The van der Waals surface area contributed by atoms with E-state index in [1.54, 1.807) is 39.1 Å². The van der Waals surface area contributed by atoms with Crippen molar-refractivity contribution in [1.29, 1.82) is 0 Å². The number of hydrogen-bond acceptors (Lipinski definition) is 9. The molecule has 1 N–H and O–H groups in total. The second-order valence-corrected chi connectivity index (χ2v) is 9.71. The zero-order chi connectivity index (χ0) is 30.9. The number of carbonyl (C=O) groups is 3. The number of aryl methyl sites for hydroxylation is 3. The molecule has 4 rings (SSSR count). The number of nitrogens with zero attached hydrogens (tertiary/aromatic N) is 1. The molecule has 11 nitrogen and oxygen atoms in total. The van der Waals surface area contributed by atoms with E-state index in [-0.39, 0.29) is 81.7 Å². The molecular formula is C26H19F3NNa2O10P. The largest absolute Gasteiger partial charge is 1.00 e. The zero-order valence-electron chi connectivity index (χ0n) is 23.3. The van der Waals surface area contributed by atoms with Crippen LogP contribution in [0, 0.1) is 13.8 Å². The number of aromatic carboxylic acids is 1. The van der Waals surface area contributed by atoms with Crippen molar-refractivity contribution >= 4 is 47.5 Å². The Morgan fingerprint density at radius 2 is 1.42 bits per heavy atom. The number of carbonyl (C=O) groups excluding carboxylic acids is 3. The Balaban J connectivity index is 0.000000920. The minimum absolute atomic E-state index is 0. The third-order valence-electron chi connectivity index (χ3n) is 5.68. The number of carboxylic acids is 2. The second-order valence-electron chi connectivity index (χ2n) is 8.59. The number of pyridine rings is 1. The molecule has 17 heteroatoms. The number of phosphoric acid groups is 1. The zero-order valence-corrected chi connectivity index (χ0v) is 28.2. The van der Waals surface area contributed by atoms with Gasteiger partial charge < -0.3 is 38.8 Å². The summed E-state index contributed by atoms with van der Waals surface area (Å²) in [7, 11) is -3.28. The minimum Gasteiger partial charge on any atom is -0.746 e. The summed E-state index contributed by atoms with van der Waals surface area (Å²) in [5.41, 5.74) is 2.27. The number of carboxylic acid groups (broad SMARTS) is 2. The van der Waals surface area contributed by atoms with Gasteiger partial charge in [-0.25, -0.2) is 4.79 Å². The van der Waals surface area contributed by atoms with Crippen LogP contribution in [0.3, 0.4) is 0 Å². The summed E-state index contributed by atoms with van der Waals surface area (Å²) in [6.45, 7) is 3.23. The summed E-state index contributed by atoms with van der Waals surface area (Å²) < 4.78 is 55.0. The molecule has 4 aromatic rings.